The molecule has 102 valence electrons. The molecule has 0 bridgehead atoms. The molecule has 0 heterocycles. The largest absolute Gasteiger partial charge is 0.396 e. The molecule has 0 unspecified atom stereocenters. The van der Waals surface area contributed by atoms with Crippen molar-refractivity contribution >= 4 is 10.0 Å². The van der Waals surface area contributed by atoms with E-state index >= 15 is 0 Å². The van der Waals surface area contributed by atoms with Gasteiger partial charge in [0.1, 0.15) is 0 Å². The van der Waals surface area contributed by atoms with Crippen LogP contribution in [0.2, 0.25) is 0 Å². The molecule has 0 fully saturated rings. The number of benzene rings is 1. The Morgan fingerprint density at radius 2 is 1.83 bits per heavy atom. The van der Waals surface area contributed by atoms with Crippen LogP contribution in [0.25, 0.3) is 0 Å². The van der Waals surface area contributed by atoms with Gasteiger partial charge in [0.25, 0.3) is 0 Å². The predicted molar refractivity (Wildman–Crippen MR) is 71.9 cm³/mol. The topological polar surface area (TPSA) is 66.4 Å². The maximum absolute atomic E-state index is 12.3. The lowest BCUT2D eigenvalue weighted by molar-refractivity contribution is 0.288. The number of sulfonamides is 1. The summed E-state index contributed by atoms with van der Waals surface area (Å²) in [6, 6.07) is 6.90. The minimum atomic E-state index is -3.51. The zero-order valence-electron chi connectivity index (χ0n) is 11.1. The first kappa shape index (κ1) is 15.1. The van der Waals surface area contributed by atoms with Crippen molar-refractivity contribution in [1.29, 1.82) is 0 Å². The number of hydrogen-bond donors (Lipinski definition) is 2. The molecule has 0 saturated heterocycles. The second-order valence-corrected chi connectivity index (χ2v) is 6.94. The van der Waals surface area contributed by atoms with E-state index in [2.05, 4.69) is 4.72 Å². The van der Waals surface area contributed by atoms with Gasteiger partial charge in [-0.15, -0.1) is 0 Å². The van der Waals surface area contributed by atoms with Crippen molar-refractivity contribution in [2.45, 2.75) is 44.0 Å². The summed E-state index contributed by atoms with van der Waals surface area (Å²) in [6.45, 7) is 5.48. The molecule has 18 heavy (non-hydrogen) atoms. The van der Waals surface area contributed by atoms with E-state index in [0.717, 1.165) is 5.56 Å². The van der Waals surface area contributed by atoms with Crippen molar-refractivity contribution in [2.24, 2.45) is 0 Å². The summed E-state index contributed by atoms with van der Waals surface area (Å²) in [5.41, 5.74) is 0.228. The van der Waals surface area contributed by atoms with Crippen molar-refractivity contribution in [3.63, 3.8) is 0 Å². The van der Waals surface area contributed by atoms with Gasteiger partial charge in [0.15, 0.2) is 0 Å². The molecule has 0 saturated carbocycles. The van der Waals surface area contributed by atoms with Gasteiger partial charge in [0.2, 0.25) is 10.0 Å². The number of aryl methyl sites for hydroxylation is 1. The smallest absolute Gasteiger partial charge is 0.241 e. The van der Waals surface area contributed by atoms with Crippen LogP contribution < -0.4 is 4.72 Å². The van der Waals surface area contributed by atoms with Gasteiger partial charge in [0.05, 0.1) is 4.90 Å². The SMILES string of the molecule is CC(C)(C)NS(=O)(=O)c1ccccc1CCCO. The Kier molecular flexibility index (Phi) is 4.90. The van der Waals surface area contributed by atoms with Crippen LogP contribution in [0.3, 0.4) is 0 Å². The van der Waals surface area contributed by atoms with E-state index in [4.69, 9.17) is 5.11 Å². The molecular formula is C13H21NO3S. The predicted octanol–water partition coefficient (Wildman–Crippen LogP) is 1.69. The molecule has 2 N–H and O–H groups in total. The molecule has 0 aromatic heterocycles. The van der Waals surface area contributed by atoms with Crippen molar-refractivity contribution in [3.05, 3.63) is 29.8 Å². The Bertz CT molecular complexity index is 489. The number of nitrogens with one attached hydrogen (secondary N) is 1. The molecule has 0 amide bonds. The van der Waals surface area contributed by atoms with Crippen LogP contribution in [0.1, 0.15) is 32.8 Å². The Morgan fingerprint density at radius 1 is 1.22 bits per heavy atom. The molecule has 0 aliphatic heterocycles. The van der Waals surface area contributed by atoms with Gasteiger partial charge in [-0.25, -0.2) is 13.1 Å². The first-order chi connectivity index (χ1) is 8.26. The van der Waals surface area contributed by atoms with E-state index in [1.165, 1.54) is 0 Å². The Balaban J connectivity index is 3.08. The van der Waals surface area contributed by atoms with Crippen molar-refractivity contribution < 1.29 is 13.5 Å². The Labute approximate surface area is 109 Å². The Hall–Kier alpha value is -0.910. The highest BCUT2D eigenvalue weighted by atomic mass is 32.2. The van der Waals surface area contributed by atoms with Gasteiger partial charge < -0.3 is 5.11 Å². The van der Waals surface area contributed by atoms with E-state index < -0.39 is 15.6 Å². The molecule has 0 atom stereocenters. The second kappa shape index (κ2) is 5.82. The second-order valence-electron chi connectivity index (χ2n) is 5.29. The minimum Gasteiger partial charge on any atom is -0.396 e. The van der Waals surface area contributed by atoms with Crippen LogP contribution in [0.4, 0.5) is 0 Å². The molecule has 0 aliphatic rings. The standard InChI is InChI=1S/C13H21NO3S/c1-13(2,3)14-18(16,17)12-9-5-4-7-11(12)8-6-10-15/h4-5,7,9,14-15H,6,8,10H2,1-3H3. The van der Waals surface area contributed by atoms with E-state index in [9.17, 15) is 8.42 Å². The monoisotopic (exact) mass is 271 g/mol. The lowest BCUT2D eigenvalue weighted by Crippen LogP contribution is -2.40. The molecular weight excluding hydrogens is 250 g/mol. The summed E-state index contributed by atoms with van der Waals surface area (Å²) in [5.74, 6) is 0. The molecule has 5 heteroatoms. The van der Waals surface area contributed by atoms with Gasteiger partial charge in [-0.3, -0.25) is 0 Å². The first-order valence-corrected chi connectivity index (χ1v) is 7.47. The van der Waals surface area contributed by atoms with Crippen LogP contribution in [0, 0.1) is 0 Å². The van der Waals surface area contributed by atoms with Crippen molar-refractivity contribution in [3.8, 4) is 0 Å². The third kappa shape index (κ3) is 4.40. The number of rotatable bonds is 5. The number of aliphatic hydroxyl groups is 1. The first-order valence-electron chi connectivity index (χ1n) is 5.99. The third-order valence-electron chi connectivity index (χ3n) is 2.31. The average molecular weight is 271 g/mol. The van der Waals surface area contributed by atoms with Crippen LogP contribution in [-0.4, -0.2) is 25.7 Å². The minimum absolute atomic E-state index is 0.0566. The maximum atomic E-state index is 12.3. The lowest BCUT2D eigenvalue weighted by atomic mass is 10.1. The molecule has 1 aromatic rings. The summed E-state index contributed by atoms with van der Waals surface area (Å²) < 4.78 is 27.2. The average Bonchev–Trinajstić information content (AvgIpc) is 2.23. The van der Waals surface area contributed by atoms with Gasteiger partial charge >= 0.3 is 0 Å². The highest BCUT2D eigenvalue weighted by Crippen LogP contribution is 2.18. The molecule has 0 spiro atoms. The maximum Gasteiger partial charge on any atom is 0.241 e. The molecule has 1 rings (SSSR count). The molecule has 0 aliphatic carbocycles. The third-order valence-corrected chi connectivity index (χ3v) is 4.17. The quantitative estimate of drug-likeness (QED) is 0.856. The van der Waals surface area contributed by atoms with Crippen molar-refractivity contribution in [1.82, 2.24) is 4.72 Å². The fourth-order valence-corrected chi connectivity index (χ4v) is 3.39. The number of aliphatic hydroxyl groups excluding tert-OH is 1. The lowest BCUT2D eigenvalue weighted by Gasteiger charge is -2.21. The molecule has 4 nitrogen and oxygen atoms in total. The van der Waals surface area contributed by atoms with Crippen LogP contribution >= 0.6 is 0 Å². The highest BCUT2D eigenvalue weighted by Gasteiger charge is 2.23. The van der Waals surface area contributed by atoms with Crippen LogP contribution in [0.15, 0.2) is 29.2 Å². The summed E-state index contributed by atoms with van der Waals surface area (Å²) in [5, 5.41) is 8.84. The van der Waals surface area contributed by atoms with Crippen LogP contribution in [-0.2, 0) is 16.4 Å². The van der Waals surface area contributed by atoms with Gasteiger partial charge in [0, 0.05) is 12.1 Å². The highest BCUT2D eigenvalue weighted by molar-refractivity contribution is 7.89. The zero-order valence-corrected chi connectivity index (χ0v) is 11.9. The van der Waals surface area contributed by atoms with E-state index in [1.54, 1.807) is 39.0 Å². The Morgan fingerprint density at radius 3 is 2.39 bits per heavy atom. The molecule has 0 radical (unpaired) electrons. The summed E-state index contributed by atoms with van der Waals surface area (Å²) in [4.78, 5) is 0.299. The molecule has 1 aromatic carbocycles. The summed E-state index contributed by atoms with van der Waals surface area (Å²) >= 11 is 0. The van der Waals surface area contributed by atoms with E-state index in [1.807, 2.05) is 6.07 Å². The fourth-order valence-electron chi connectivity index (χ4n) is 1.70. The zero-order chi connectivity index (χ0) is 13.8. The normalized spacial score (nSPS) is 12.7. The van der Waals surface area contributed by atoms with E-state index in [0.29, 0.717) is 17.7 Å². The van der Waals surface area contributed by atoms with Crippen molar-refractivity contribution in [2.75, 3.05) is 6.61 Å². The van der Waals surface area contributed by atoms with Crippen LogP contribution in [0.5, 0.6) is 0 Å². The van der Waals surface area contributed by atoms with Gasteiger partial charge in [-0.1, -0.05) is 18.2 Å². The summed E-state index contributed by atoms with van der Waals surface area (Å²) in [7, 11) is -3.51. The van der Waals surface area contributed by atoms with Gasteiger partial charge in [-0.05, 0) is 45.2 Å². The summed E-state index contributed by atoms with van der Waals surface area (Å²) in [6.07, 6.45) is 1.11. The number of hydrogen-bond acceptors (Lipinski definition) is 3. The fraction of sp³-hybridized carbons (Fsp3) is 0.538. The van der Waals surface area contributed by atoms with E-state index in [-0.39, 0.29) is 6.61 Å². The van der Waals surface area contributed by atoms with Gasteiger partial charge in [-0.2, -0.15) is 0 Å².